The minimum Gasteiger partial charge on any atom is -0.376 e. The molecule has 0 N–H and O–H groups in total. The quantitative estimate of drug-likeness (QED) is 0.342. The zero-order valence-electron chi connectivity index (χ0n) is 18.2. The van der Waals surface area contributed by atoms with Crippen LogP contribution >= 0.6 is 0 Å². The number of rotatable bonds is 14. The maximum absolute atomic E-state index is 11.7. The molecular formula is C25H30O6. The van der Waals surface area contributed by atoms with Gasteiger partial charge in [0.15, 0.2) is 6.29 Å². The van der Waals surface area contributed by atoms with Crippen LogP contribution in [-0.2, 0) is 41.7 Å². The van der Waals surface area contributed by atoms with E-state index >= 15 is 0 Å². The molecule has 0 saturated heterocycles. The molecule has 0 unspecified atom stereocenters. The Labute approximate surface area is 184 Å². The summed E-state index contributed by atoms with van der Waals surface area (Å²) in [5, 5.41) is 0. The number of aldehydes is 1. The SMILES string of the molecule is C#C[C@@H](OCc1ccccc1)[C@@H](OC)[C@@H](OC)[C@H](OCc1ccccc1)[C@@H](C=O)OC. The van der Waals surface area contributed by atoms with Gasteiger partial charge in [0.1, 0.15) is 30.5 Å². The minimum atomic E-state index is -0.876. The first kappa shape index (κ1) is 24.7. The number of hydrogen-bond donors (Lipinski definition) is 0. The second-order valence-electron chi connectivity index (χ2n) is 6.88. The average Bonchev–Trinajstić information content (AvgIpc) is 2.83. The Morgan fingerprint density at radius 2 is 1.29 bits per heavy atom. The van der Waals surface area contributed by atoms with Gasteiger partial charge in [0.25, 0.3) is 0 Å². The van der Waals surface area contributed by atoms with E-state index in [0.717, 1.165) is 11.1 Å². The van der Waals surface area contributed by atoms with Crippen LogP contribution in [0, 0.1) is 12.3 Å². The zero-order chi connectivity index (χ0) is 22.5. The van der Waals surface area contributed by atoms with Gasteiger partial charge in [-0.3, -0.25) is 0 Å². The molecule has 6 nitrogen and oxygen atoms in total. The van der Waals surface area contributed by atoms with Crippen LogP contribution in [-0.4, -0.2) is 58.1 Å². The Bertz CT molecular complexity index is 789. The molecule has 0 aliphatic carbocycles. The van der Waals surface area contributed by atoms with Gasteiger partial charge in [-0.1, -0.05) is 66.6 Å². The van der Waals surface area contributed by atoms with Gasteiger partial charge in [-0.25, -0.2) is 0 Å². The summed E-state index contributed by atoms with van der Waals surface area (Å²) in [6.07, 6.45) is 2.65. The molecule has 0 saturated carbocycles. The van der Waals surface area contributed by atoms with Gasteiger partial charge < -0.3 is 28.5 Å². The van der Waals surface area contributed by atoms with E-state index in [-0.39, 0.29) is 6.61 Å². The Balaban J connectivity index is 2.19. The third-order valence-electron chi connectivity index (χ3n) is 4.94. The molecule has 2 aromatic rings. The van der Waals surface area contributed by atoms with E-state index in [9.17, 15) is 4.79 Å². The molecule has 0 amide bonds. The lowest BCUT2D eigenvalue weighted by Crippen LogP contribution is -2.53. The van der Waals surface area contributed by atoms with Crippen molar-refractivity contribution in [2.24, 2.45) is 0 Å². The average molecular weight is 427 g/mol. The van der Waals surface area contributed by atoms with Gasteiger partial charge in [-0.05, 0) is 11.1 Å². The molecule has 0 spiro atoms. The molecular weight excluding hydrogens is 396 g/mol. The molecule has 0 heterocycles. The van der Waals surface area contributed by atoms with Gasteiger partial charge in [-0.2, -0.15) is 0 Å². The van der Waals surface area contributed by atoms with Gasteiger partial charge >= 0.3 is 0 Å². The summed E-state index contributed by atoms with van der Waals surface area (Å²) in [5.74, 6) is 2.63. The first-order chi connectivity index (χ1) is 15.2. The van der Waals surface area contributed by atoms with Crippen molar-refractivity contribution in [3.05, 3.63) is 71.8 Å². The lowest BCUT2D eigenvalue weighted by Gasteiger charge is -2.36. The van der Waals surface area contributed by atoms with Gasteiger partial charge in [-0.15, -0.1) is 6.42 Å². The number of methoxy groups -OCH3 is 3. The molecule has 0 fully saturated rings. The molecule has 2 rings (SSSR count). The minimum absolute atomic E-state index is 0.265. The van der Waals surface area contributed by atoms with E-state index in [1.54, 1.807) is 0 Å². The van der Waals surface area contributed by atoms with Crippen LogP contribution in [0.3, 0.4) is 0 Å². The maximum atomic E-state index is 11.7. The summed E-state index contributed by atoms with van der Waals surface area (Å²) in [6, 6.07) is 19.3. The molecule has 0 radical (unpaired) electrons. The monoisotopic (exact) mass is 426 g/mol. The molecule has 5 atom stereocenters. The predicted octanol–water partition coefficient (Wildman–Crippen LogP) is 3.03. The first-order valence-corrected chi connectivity index (χ1v) is 9.99. The number of carbonyl (C=O) groups excluding carboxylic acids is 1. The van der Waals surface area contributed by atoms with Crippen LogP contribution in [0.5, 0.6) is 0 Å². The van der Waals surface area contributed by atoms with E-state index in [1.807, 2.05) is 60.7 Å². The Morgan fingerprint density at radius 1 is 0.774 bits per heavy atom. The summed E-state index contributed by atoms with van der Waals surface area (Å²) >= 11 is 0. The third kappa shape index (κ3) is 7.28. The molecule has 0 bridgehead atoms. The highest BCUT2D eigenvalue weighted by atomic mass is 16.6. The first-order valence-electron chi connectivity index (χ1n) is 9.99. The summed E-state index contributed by atoms with van der Waals surface area (Å²) in [5.41, 5.74) is 1.93. The van der Waals surface area contributed by atoms with Crippen molar-refractivity contribution in [2.45, 2.75) is 43.7 Å². The van der Waals surface area contributed by atoms with E-state index in [0.29, 0.717) is 12.9 Å². The number of terminal acetylenes is 1. The normalized spacial score (nSPS) is 15.9. The van der Waals surface area contributed by atoms with Crippen LogP contribution in [0.25, 0.3) is 0 Å². The number of ether oxygens (including phenoxy) is 5. The molecule has 166 valence electrons. The molecule has 2 aromatic carbocycles. The standard InChI is InChI=1S/C25H30O6/c1-5-21(30-17-19-12-8-6-9-13-19)23(28-3)25(29-4)24(22(16-26)27-2)31-18-20-14-10-7-11-15-20/h1,6-16,21-25H,17-18H2,2-4H3/t21-,22-,23-,24-,25-/m1/s1. The van der Waals surface area contributed by atoms with Gasteiger partial charge in [0.2, 0.25) is 0 Å². The fourth-order valence-electron chi connectivity index (χ4n) is 3.29. The van der Waals surface area contributed by atoms with Crippen molar-refractivity contribution >= 4 is 6.29 Å². The Kier molecular flexibility index (Phi) is 10.9. The van der Waals surface area contributed by atoms with Crippen LogP contribution < -0.4 is 0 Å². The molecule has 0 aliphatic rings. The molecule has 31 heavy (non-hydrogen) atoms. The van der Waals surface area contributed by atoms with Crippen LogP contribution in [0.1, 0.15) is 11.1 Å². The lowest BCUT2D eigenvalue weighted by atomic mass is 9.98. The van der Waals surface area contributed by atoms with Crippen molar-refractivity contribution in [2.75, 3.05) is 21.3 Å². The molecule has 6 heteroatoms. The number of benzene rings is 2. The van der Waals surface area contributed by atoms with Crippen molar-refractivity contribution < 1.29 is 28.5 Å². The fraction of sp³-hybridized carbons (Fsp3) is 0.400. The largest absolute Gasteiger partial charge is 0.376 e. The summed E-state index contributed by atoms with van der Waals surface area (Å²) < 4.78 is 28.8. The van der Waals surface area contributed by atoms with Crippen LogP contribution in [0.2, 0.25) is 0 Å². The van der Waals surface area contributed by atoms with E-state index in [1.165, 1.54) is 21.3 Å². The number of hydrogen-bond acceptors (Lipinski definition) is 6. The van der Waals surface area contributed by atoms with E-state index in [2.05, 4.69) is 5.92 Å². The third-order valence-corrected chi connectivity index (χ3v) is 4.94. The highest BCUT2D eigenvalue weighted by Gasteiger charge is 2.40. The van der Waals surface area contributed by atoms with Crippen molar-refractivity contribution in [3.8, 4) is 12.3 Å². The maximum Gasteiger partial charge on any atom is 0.151 e. The zero-order valence-corrected chi connectivity index (χ0v) is 18.2. The lowest BCUT2D eigenvalue weighted by molar-refractivity contribution is -0.182. The fourth-order valence-corrected chi connectivity index (χ4v) is 3.29. The summed E-state index contributed by atoms with van der Waals surface area (Å²) in [7, 11) is 4.47. The van der Waals surface area contributed by atoms with Crippen molar-refractivity contribution in [1.29, 1.82) is 0 Å². The van der Waals surface area contributed by atoms with E-state index < -0.39 is 30.5 Å². The second-order valence-corrected chi connectivity index (χ2v) is 6.88. The van der Waals surface area contributed by atoms with Crippen LogP contribution in [0.15, 0.2) is 60.7 Å². The number of carbonyl (C=O) groups is 1. The van der Waals surface area contributed by atoms with E-state index in [4.69, 9.17) is 30.1 Å². The Hall–Kier alpha value is -2.53. The van der Waals surface area contributed by atoms with Crippen molar-refractivity contribution in [1.82, 2.24) is 0 Å². The highest BCUT2D eigenvalue weighted by molar-refractivity contribution is 5.57. The van der Waals surface area contributed by atoms with Gasteiger partial charge in [0.05, 0.1) is 13.2 Å². The smallest absolute Gasteiger partial charge is 0.151 e. The molecule has 0 aliphatic heterocycles. The predicted molar refractivity (Wildman–Crippen MR) is 117 cm³/mol. The molecule has 0 aromatic heterocycles. The Morgan fingerprint density at radius 3 is 1.71 bits per heavy atom. The highest BCUT2D eigenvalue weighted by Crippen LogP contribution is 2.22. The topological polar surface area (TPSA) is 63.2 Å². The summed E-state index contributed by atoms with van der Waals surface area (Å²) in [4.78, 5) is 11.7. The van der Waals surface area contributed by atoms with Gasteiger partial charge in [0, 0.05) is 21.3 Å². The second kappa shape index (κ2) is 13.7. The van der Waals surface area contributed by atoms with Crippen molar-refractivity contribution in [3.63, 3.8) is 0 Å². The van der Waals surface area contributed by atoms with Crippen LogP contribution in [0.4, 0.5) is 0 Å². The summed E-state index contributed by atoms with van der Waals surface area (Å²) in [6.45, 7) is 0.573.